The Labute approximate surface area is 136 Å². The fourth-order valence-electron chi connectivity index (χ4n) is 2.55. The second-order valence-corrected chi connectivity index (χ2v) is 5.58. The van der Waals surface area contributed by atoms with E-state index in [0.29, 0.717) is 19.7 Å². The molecule has 0 saturated carbocycles. The molecule has 0 spiro atoms. The van der Waals surface area contributed by atoms with E-state index in [2.05, 4.69) is 5.32 Å². The molecule has 126 valence electrons. The van der Waals surface area contributed by atoms with E-state index in [9.17, 15) is 9.59 Å². The second kappa shape index (κ2) is 8.41. The van der Waals surface area contributed by atoms with Crippen LogP contribution < -0.4 is 10.1 Å². The van der Waals surface area contributed by atoms with Crippen molar-refractivity contribution < 1.29 is 19.1 Å². The van der Waals surface area contributed by atoms with E-state index >= 15 is 0 Å². The first-order valence-corrected chi connectivity index (χ1v) is 7.99. The summed E-state index contributed by atoms with van der Waals surface area (Å²) in [7, 11) is 0. The van der Waals surface area contributed by atoms with Crippen molar-refractivity contribution in [2.45, 2.75) is 32.7 Å². The summed E-state index contributed by atoms with van der Waals surface area (Å²) in [5.74, 6) is 0.586. The van der Waals surface area contributed by atoms with Crippen LogP contribution in [0.5, 0.6) is 5.75 Å². The number of aryl methyl sites for hydroxylation is 1. The Balaban J connectivity index is 1.71. The molecular formula is C17H24N2O4. The number of ether oxygens (including phenoxy) is 2. The van der Waals surface area contributed by atoms with Crippen molar-refractivity contribution in [2.24, 2.45) is 0 Å². The van der Waals surface area contributed by atoms with Gasteiger partial charge in [-0.1, -0.05) is 18.2 Å². The van der Waals surface area contributed by atoms with Gasteiger partial charge in [-0.15, -0.1) is 0 Å². The van der Waals surface area contributed by atoms with Crippen LogP contribution in [-0.2, 0) is 9.53 Å². The Morgan fingerprint density at radius 2 is 1.96 bits per heavy atom. The highest BCUT2D eigenvalue weighted by Gasteiger charge is 2.24. The van der Waals surface area contributed by atoms with Crippen LogP contribution in [0.2, 0.25) is 0 Å². The summed E-state index contributed by atoms with van der Waals surface area (Å²) in [4.78, 5) is 25.3. The fraction of sp³-hybridized carbons (Fsp3) is 0.529. The van der Waals surface area contributed by atoms with Crippen molar-refractivity contribution in [3.05, 3.63) is 29.8 Å². The van der Waals surface area contributed by atoms with Crippen LogP contribution in [0, 0.1) is 6.92 Å². The minimum Gasteiger partial charge on any atom is -0.484 e. The summed E-state index contributed by atoms with van der Waals surface area (Å²) < 4.78 is 10.5. The summed E-state index contributed by atoms with van der Waals surface area (Å²) >= 11 is 0. The normalized spacial score (nSPS) is 15.1. The Morgan fingerprint density at radius 3 is 2.61 bits per heavy atom. The molecule has 0 unspecified atom stereocenters. The number of hydrogen-bond donors (Lipinski definition) is 1. The van der Waals surface area contributed by atoms with Gasteiger partial charge >= 0.3 is 6.09 Å². The number of para-hydroxylation sites is 1. The molecule has 1 aliphatic rings. The predicted octanol–water partition coefficient (Wildman–Crippen LogP) is 2.11. The van der Waals surface area contributed by atoms with Gasteiger partial charge in [-0.05, 0) is 38.3 Å². The van der Waals surface area contributed by atoms with E-state index in [1.165, 1.54) is 0 Å². The van der Waals surface area contributed by atoms with E-state index in [-0.39, 0.29) is 24.6 Å². The summed E-state index contributed by atoms with van der Waals surface area (Å²) in [5.41, 5.74) is 1.00. The maximum absolute atomic E-state index is 12.0. The lowest BCUT2D eigenvalue weighted by Crippen LogP contribution is -2.47. The van der Waals surface area contributed by atoms with Crippen LogP contribution in [0.25, 0.3) is 0 Å². The zero-order chi connectivity index (χ0) is 16.7. The molecule has 0 radical (unpaired) electrons. The van der Waals surface area contributed by atoms with Crippen molar-refractivity contribution in [2.75, 3.05) is 26.3 Å². The summed E-state index contributed by atoms with van der Waals surface area (Å²) in [5, 5.41) is 2.96. The molecule has 1 aromatic carbocycles. The average Bonchev–Trinajstić information content (AvgIpc) is 2.55. The molecule has 0 aromatic heterocycles. The van der Waals surface area contributed by atoms with E-state index < -0.39 is 0 Å². The summed E-state index contributed by atoms with van der Waals surface area (Å²) in [6.45, 7) is 5.32. The van der Waals surface area contributed by atoms with Gasteiger partial charge in [0.15, 0.2) is 6.61 Å². The Kier molecular flexibility index (Phi) is 6.26. The zero-order valence-corrected chi connectivity index (χ0v) is 13.7. The molecule has 6 heteroatoms. The van der Waals surface area contributed by atoms with Gasteiger partial charge in [0, 0.05) is 19.1 Å². The highest BCUT2D eigenvalue weighted by Crippen LogP contribution is 2.16. The molecular weight excluding hydrogens is 296 g/mol. The average molecular weight is 320 g/mol. The van der Waals surface area contributed by atoms with Crippen LogP contribution in [0.15, 0.2) is 24.3 Å². The third kappa shape index (κ3) is 5.16. The minimum absolute atomic E-state index is 0.00292. The SMILES string of the molecule is CCOC(=O)N1CCC(NC(=O)COc2ccccc2C)CC1. The topological polar surface area (TPSA) is 67.9 Å². The predicted molar refractivity (Wildman–Crippen MR) is 86.4 cm³/mol. The molecule has 23 heavy (non-hydrogen) atoms. The first-order chi connectivity index (χ1) is 11.1. The molecule has 1 aliphatic heterocycles. The molecule has 2 amide bonds. The fourth-order valence-corrected chi connectivity index (χ4v) is 2.55. The van der Waals surface area contributed by atoms with Gasteiger partial charge in [0.2, 0.25) is 0 Å². The number of likely N-dealkylation sites (tertiary alicyclic amines) is 1. The molecule has 0 aliphatic carbocycles. The van der Waals surface area contributed by atoms with E-state index in [4.69, 9.17) is 9.47 Å². The standard InChI is InChI=1S/C17H24N2O4/c1-3-22-17(21)19-10-8-14(9-11-19)18-16(20)12-23-15-7-5-4-6-13(15)2/h4-7,14H,3,8-12H2,1-2H3,(H,18,20). The monoisotopic (exact) mass is 320 g/mol. The van der Waals surface area contributed by atoms with Crippen LogP contribution in [0.3, 0.4) is 0 Å². The number of hydrogen-bond acceptors (Lipinski definition) is 4. The highest BCUT2D eigenvalue weighted by molar-refractivity contribution is 5.78. The summed E-state index contributed by atoms with van der Waals surface area (Å²) in [6, 6.07) is 7.68. The van der Waals surface area contributed by atoms with Gasteiger partial charge in [-0.3, -0.25) is 4.79 Å². The maximum Gasteiger partial charge on any atom is 0.409 e. The van der Waals surface area contributed by atoms with Crippen molar-refractivity contribution in [3.8, 4) is 5.75 Å². The number of piperidine rings is 1. The molecule has 0 atom stereocenters. The number of nitrogens with one attached hydrogen (secondary N) is 1. The van der Waals surface area contributed by atoms with Crippen LogP contribution in [0.4, 0.5) is 4.79 Å². The van der Waals surface area contributed by atoms with Crippen molar-refractivity contribution in [1.29, 1.82) is 0 Å². The van der Waals surface area contributed by atoms with Crippen molar-refractivity contribution >= 4 is 12.0 Å². The van der Waals surface area contributed by atoms with Gasteiger partial charge in [-0.25, -0.2) is 4.79 Å². The Hall–Kier alpha value is -2.24. The van der Waals surface area contributed by atoms with E-state index in [1.807, 2.05) is 31.2 Å². The Bertz CT molecular complexity index is 539. The molecule has 1 saturated heterocycles. The lowest BCUT2D eigenvalue weighted by Gasteiger charge is -2.31. The van der Waals surface area contributed by atoms with Gasteiger partial charge in [0.05, 0.1) is 6.61 Å². The molecule has 1 heterocycles. The molecule has 6 nitrogen and oxygen atoms in total. The highest BCUT2D eigenvalue weighted by atomic mass is 16.6. The Morgan fingerprint density at radius 1 is 1.26 bits per heavy atom. The number of amides is 2. The number of nitrogens with zero attached hydrogens (tertiary/aromatic N) is 1. The first kappa shape index (κ1) is 17.1. The summed E-state index contributed by atoms with van der Waals surface area (Å²) in [6.07, 6.45) is 1.18. The molecule has 0 bridgehead atoms. The third-order valence-electron chi connectivity index (χ3n) is 3.84. The van der Waals surface area contributed by atoms with Crippen molar-refractivity contribution in [3.63, 3.8) is 0 Å². The molecule has 2 rings (SSSR count). The lowest BCUT2D eigenvalue weighted by atomic mass is 10.1. The van der Waals surface area contributed by atoms with Gasteiger partial charge in [0.25, 0.3) is 5.91 Å². The zero-order valence-electron chi connectivity index (χ0n) is 13.7. The quantitative estimate of drug-likeness (QED) is 0.902. The van der Waals surface area contributed by atoms with Crippen LogP contribution in [0.1, 0.15) is 25.3 Å². The van der Waals surface area contributed by atoms with Gasteiger partial charge in [-0.2, -0.15) is 0 Å². The lowest BCUT2D eigenvalue weighted by molar-refractivity contribution is -0.124. The van der Waals surface area contributed by atoms with Crippen LogP contribution >= 0.6 is 0 Å². The van der Waals surface area contributed by atoms with Crippen LogP contribution in [-0.4, -0.2) is 49.2 Å². The number of benzene rings is 1. The molecule has 1 N–H and O–H groups in total. The number of carbonyl (C=O) groups is 2. The van der Waals surface area contributed by atoms with E-state index in [1.54, 1.807) is 11.8 Å². The van der Waals surface area contributed by atoms with Crippen molar-refractivity contribution in [1.82, 2.24) is 10.2 Å². The molecule has 1 fully saturated rings. The van der Waals surface area contributed by atoms with Gasteiger partial charge in [0.1, 0.15) is 5.75 Å². The second-order valence-electron chi connectivity index (χ2n) is 5.58. The van der Waals surface area contributed by atoms with Gasteiger partial charge < -0.3 is 19.7 Å². The minimum atomic E-state index is -0.278. The third-order valence-corrected chi connectivity index (χ3v) is 3.84. The number of rotatable bonds is 5. The van der Waals surface area contributed by atoms with E-state index in [0.717, 1.165) is 24.2 Å². The molecule has 1 aromatic rings. The smallest absolute Gasteiger partial charge is 0.409 e. The number of carbonyl (C=O) groups excluding carboxylic acids is 2. The maximum atomic E-state index is 12.0. The first-order valence-electron chi connectivity index (χ1n) is 7.99. The largest absolute Gasteiger partial charge is 0.484 e.